The summed E-state index contributed by atoms with van der Waals surface area (Å²) < 4.78 is 0. The van der Waals surface area contributed by atoms with E-state index in [1.807, 2.05) is 53.4 Å². The van der Waals surface area contributed by atoms with E-state index in [9.17, 15) is 4.79 Å². The quantitative estimate of drug-likeness (QED) is 0.428. The molecule has 25 heavy (non-hydrogen) atoms. The molecular weight excluding hydrogens is 427 g/mol. The van der Waals surface area contributed by atoms with Crippen LogP contribution in [0.3, 0.4) is 0 Å². The first-order valence-electron chi connectivity index (χ1n) is 8.14. The predicted molar refractivity (Wildman–Crippen MR) is 113 cm³/mol. The van der Waals surface area contributed by atoms with Gasteiger partial charge in [0, 0.05) is 25.8 Å². The Kier molecular flexibility index (Phi) is 7.24. The van der Waals surface area contributed by atoms with E-state index >= 15 is 0 Å². The van der Waals surface area contributed by atoms with Gasteiger partial charge in [0.05, 0.1) is 6.54 Å². The third-order valence-corrected chi connectivity index (χ3v) is 4.12. The summed E-state index contributed by atoms with van der Waals surface area (Å²) in [6, 6.07) is 18.2. The van der Waals surface area contributed by atoms with Gasteiger partial charge in [0.15, 0.2) is 5.96 Å². The van der Waals surface area contributed by atoms with Crippen LogP contribution in [-0.2, 0) is 17.8 Å². The fourth-order valence-electron chi connectivity index (χ4n) is 2.85. The van der Waals surface area contributed by atoms with E-state index in [-0.39, 0.29) is 36.4 Å². The van der Waals surface area contributed by atoms with E-state index in [4.69, 9.17) is 0 Å². The molecule has 5 nitrogen and oxygen atoms in total. The van der Waals surface area contributed by atoms with E-state index in [1.54, 1.807) is 7.05 Å². The van der Waals surface area contributed by atoms with Gasteiger partial charge in [-0.1, -0.05) is 48.5 Å². The minimum atomic E-state index is 0. The molecule has 0 saturated carbocycles. The highest BCUT2D eigenvalue weighted by Gasteiger charge is 2.23. The van der Waals surface area contributed by atoms with Gasteiger partial charge in [0.1, 0.15) is 0 Å². The maximum absolute atomic E-state index is 12.5. The Morgan fingerprint density at radius 3 is 2.56 bits per heavy atom. The molecule has 0 aromatic heterocycles. The van der Waals surface area contributed by atoms with Gasteiger partial charge < -0.3 is 15.5 Å². The van der Waals surface area contributed by atoms with Crippen LogP contribution in [0.2, 0.25) is 0 Å². The SMILES string of the molecule is CN=C(NCC(=O)N1CCc2ccccc21)NCc1ccccc1.I. The Morgan fingerprint density at radius 1 is 1.08 bits per heavy atom. The molecule has 1 amide bonds. The van der Waals surface area contributed by atoms with Crippen molar-refractivity contribution in [3.63, 3.8) is 0 Å². The fourth-order valence-corrected chi connectivity index (χ4v) is 2.85. The zero-order valence-electron chi connectivity index (χ0n) is 14.2. The lowest BCUT2D eigenvalue weighted by molar-refractivity contribution is -0.117. The Hall–Kier alpha value is -2.09. The normalized spacial score (nSPS) is 13.0. The summed E-state index contributed by atoms with van der Waals surface area (Å²) in [5, 5.41) is 6.31. The second-order valence-electron chi connectivity index (χ2n) is 5.69. The highest BCUT2D eigenvalue weighted by atomic mass is 127. The molecule has 0 atom stereocenters. The highest BCUT2D eigenvalue weighted by Crippen LogP contribution is 2.27. The first kappa shape index (κ1) is 19.2. The highest BCUT2D eigenvalue weighted by molar-refractivity contribution is 14.0. The predicted octanol–water partition coefficient (Wildman–Crippen LogP) is 2.56. The van der Waals surface area contributed by atoms with Crippen LogP contribution in [0.25, 0.3) is 0 Å². The van der Waals surface area contributed by atoms with Crippen LogP contribution < -0.4 is 15.5 Å². The van der Waals surface area contributed by atoms with Crippen molar-refractivity contribution in [2.75, 3.05) is 25.0 Å². The van der Waals surface area contributed by atoms with Crippen molar-refractivity contribution in [2.45, 2.75) is 13.0 Å². The van der Waals surface area contributed by atoms with Crippen molar-refractivity contribution in [1.29, 1.82) is 0 Å². The molecule has 0 fully saturated rings. The number of hydrogen-bond donors (Lipinski definition) is 2. The Morgan fingerprint density at radius 2 is 1.80 bits per heavy atom. The van der Waals surface area contributed by atoms with Gasteiger partial charge in [-0.15, -0.1) is 24.0 Å². The summed E-state index contributed by atoms with van der Waals surface area (Å²) in [4.78, 5) is 18.5. The number of amides is 1. The lowest BCUT2D eigenvalue weighted by atomic mass is 10.2. The van der Waals surface area contributed by atoms with Gasteiger partial charge >= 0.3 is 0 Å². The zero-order valence-corrected chi connectivity index (χ0v) is 16.6. The first-order chi connectivity index (χ1) is 11.8. The summed E-state index contributed by atoms with van der Waals surface area (Å²) in [5.41, 5.74) is 3.43. The summed E-state index contributed by atoms with van der Waals surface area (Å²) in [6.45, 7) is 1.64. The number of nitrogens with one attached hydrogen (secondary N) is 2. The van der Waals surface area contributed by atoms with Crippen LogP contribution in [0.4, 0.5) is 5.69 Å². The number of anilines is 1. The van der Waals surface area contributed by atoms with Crippen LogP contribution in [0.1, 0.15) is 11.1 Å². The van der Waals surface area contributed by atoms with Gasteiger partial charge in [-0.2, -0.15) is 0 Å². The molecule has 2 N–H and O–H groups in total. The Bertz CT molecular complexity index is 733. The van der Waals surface area contributed by atoms with Crippen molar-refractivity contribution in [1.82, 2.24) is 10.6 Å². The molecule has 6 heteroatoms. The number of carbonyl (C=O) groups is 1. The van der Waals surface area contributed by atoms with E-state index in [0.29, 0.717) is 12.5 Å². The largest absolute Gasteiger partial charge is 0.352 e. The third kappa shape index (κ3) is 4.94. The molecule has 2 aromatic rings. The van der Waals surface area contributed by atoms with Crippen molar-refractivity contribution >= 4 is 41.5 Å². The molecule has 0 unspecified atom stereocenters. The Balaban J connectivity index is 0.00000225. The molecule has 1 aliphatic rings. The lowest BCUT2D eigenvalue weighted by Crippen LogP contribution is -2.44. The van der Waals surface area contributed by atoms with Gasteiger partial charge in [0.2, 0.25) is 5.91 Å². The van der Waals surface area contributed by atoms with Gasteiger partial charge in [-0.25, -0.2) is 0 Å². The molecular formula is C19H23IN4O. The number of carbonyl (C=O) groups excluding carboxylic acids is 1. The molecule has 0 spiro atoms. The number of fused-ring (bicyclic) bond motifs is 1. The molecule has 0 radical (unpaired) electrons. The molecule has 0 saturated heterocycles. The summed E-state index contributed by atoms with van der Waals surface area (Å²) in [7, 11) is 1.70. The molecule has 2 aromatic carbocycles. The minimum Gasteiger partial charge on any atom is -0.352 e. The number of guanidine groups is 1. The average Bonchev–Trinajstić information content (AvgIpc) is 3.07. The molecule has 3 rings (SSSR count). The molecule has 1 aliphatic heterocycles. The molecule has 0 aliphatic carbocycles. The Labute approximate surface area is 165 Å². The molecule has 0 bridgehead atoms. The van der Waals surface area contributed by atoms with E-state index in [1.165, 1.54) is 11.1 Å². The fraction of sp³-hybridized carbons (Fsp3) is 0.263. The maximum Gasteiger partial charge on any atom is 0.246 e. The van der Waals surface area contributed by atoms with Gasteiger partial charge in [0.25, 0.3) is 0 Å². The number of nitrogens with zero attached hydrogens (tertiary/aromatic N) is 2. The van der Waals surface area contributed by atoms with Crippen LogP contribution >= 0.6 is 24.0 Å². The molecule has 1 heterocycles. The first-order valence-corrected chi connectivity index (χ1v) is 8.14. The van der Waals surface area contributed by atoms with Crippen molar-refractivity contribution in [3.8, 4) is 0 Å². The number of aliphatic imine (C=N–C) groups is 1. The minimum absolute atomic E-state index is 0. The number of halogens is 1. The van der Waals surface area contributed by atoms with Gasteiger partial charge in [-0.05, 0) is 23.6 Å². The van der Waals surface area contributed by atoms with Crippen LogP contribution in [0.5, 0.6) is 0 Å². The smallest absolute Gasteiger partial charge is 0.246 e. The van der Waals surface area contributed by atoms with E-state index in [0.717, 1.165) is 18.7 Å². The maximum atomic E-state index is 12.5. The van der Waals surface area contributed by atoms with Crippen LogP contribution in [0.15, 0.2) is 59.6 Å². The summed E-state index contributed by atoms with van der Waals surface area (Å²) in [5.74, 6) is 0.683. The second-order valence-corrected chi connectivity index (χ2v) is 5.69. The average molecular weight is 450 g/mol. The second kappa shape index (κ2) is 9.41. The zero-order chi connectivity index (χ0) is 16.8. The molecule has 132 valence electrons. The van der Waals surface area contributed by atoms with E-state index < -0.39 is 0 Å². The standard InChI is InChI=1S/C19H22N4O.HI/c1-20-19(21-13-15-7-3-2-4-8-15)22-14-18(24)23-12-11-16-9-5-6-10-17(16)23;/h2-10H,11-14H2,1H3,(H2,20,21,22);1H. The van der Waals surface area contributed by atoms with Crippen LogP contribution in [0, 0.1) is 0 Å². The van der Waals surface area contributed by atoms with Crippen molar-refractivity contribution < 1.29 is 4.79 Å². The lowest BCUT2D eigenvalue weighted by Gasteiger charge is -2.18. The monoisotopic (exact) mass is 450 g/mol. The van der Waals surface area contributed by atoms with Crippen molar-refractivity contribution in [2.24, 2.45) is 4.99 Å². The van der Waals surface area contributed by atoms with Gasteiger partial charge in [-0.3, -0.25) is 9.79 Å². The number of para-hydroxylation sites is 1. The van der Waals surface area contributed by atoms with E-state index in [2.05, 4.69) is 21.7 Å². The number of hydrogen-bond acceptors (Lipinski definition) is 2. The summed E-state index contributed by atoms with van der Waals surface area (Å²) >= 11 is 0. The third-order valence-electron chi connectivity index (χ3n) is 4.12. The number of benzene rings is 2. The number of rotatable bonds is 4. The van der Waals surface area contributed by atoms with Crippen molar-refractivity contribution in [3.05, 3.63) is 65.7 Å². The topological polar surface area (TPSA) is 56.7 Å². The van der Waals surface area contributed by atoms with Crippen LogP contribution in [-0.4, -0.2) is 32.0 Å². The summed E-state index contributed by atoms with van der Waals surface area (Å²) in [6.07, 6.45) is 0.920.